The van der Waals surface area contributed by atoms with Crippen LogP contribution in [0.3, 0.4) is 0 Å². The van der Waals surface area contributed by atoms with Gasteiger partial charge in [0.15, 0.2) is 11.5 Å². The summed E-state index contributed by atoms with van der Waals surface area (Å²) >= 11 is 3.21. The van der Waals surface area contributed by atoms with Crippen LogP contribution in [0.15, 0.2) is 21.6 Å². The van der Waals surface area contributed by atoms with Crippen molar-refractivity contribution in [1.29, 1.82) is 0 Å². The van der Waals surface area contributed by atoms with E-state index < -0.39 is 5.54 Å². The van der Waals surface area contributed by atoms with Gasteiger partial charge in [-0.1, -0.05) is 15.9 Å². The van der Waals surface area contributed by atoms with Crippen molar-refractivity contribution in [3.63, 3.8) is 0 Å². The highest BCUT2D eigenvalue weighted by Gasteiger charge is 2.47. The third kappa shape index (κ3) is 1.64. The topological polar surface area (TPSA) is 69.9 Å². The summed E-state index contributed by atoms with van der Waals surface area (Å²) in [6, 6.07) is 3.04. The molecule has 4 nitrogen and oxygen atoms in total. The molecule has 0 unspecified atom stereocenters. The molecule has 1 fully saturated rings. The Morgan fingerprint density at radius 1 is 1.40 bits per heavy atom. The second-order valence-corrected chi connectivity index (χ2v) is 4.47. The first-order chi connectivity index (χ1) is 7.09. The summed E-state index contributed by atoms with van der Waals surface area (Å²) in [4.78, 5) is 14.0. The van der Waals surface area contributed by atoms with Gasteiger partial charge in [0.25, 0.3) is 0 Å². The Morgan fingerprint density at radius 3 is 2.60 bits per heavy atom. The number of carbonyl (C=O) groups excluding carboxylic acids is 1. The van der Waals surface area contributed by atoms with Crippen LogP contribution in [-0.4, -0.2) is 16.3 Å². The lowest BCUT2D eigenvalue weighted by Gasteiger charge is -2.12. The molecule has 78 valence electrons. The molecule has 0 bridgehead atoms. The number of aliphatic imine (C=N–C) groups is 1. The van der Waals surface area contributed by atoms with Crippen molar-refractivity contribution in [3.05, 3.63) is 22.2 Å². The number of halogens is 1. The normalized spacial score (nSPS) is 16.9. The molecule has 0 spiro atoms. The number of nitrogens with zero attached hydrogens (tertiary/aromatic N) is 1. The first-order valence-electron chi connectivity index (χ1n) is 4.40. The van der Waals surface area contributed by atoms with Crippen LogP contribution in [-0.2, 0) is 10.3 Å². The Kier molecular flexibility index (Phi) is 2.29. The third-order valence-electron chi connectivity index (χ3n) is 2.54. The van der Waals surface area contributed by atoms with Crippen molar-refractivity contribution < 1.29 is 15.0 Å². The van der Waals surface area contributed by atoms with E-state index in [1.165, 1.54) is 12.1 Å². The lowest BCUT2D eigenvalue weighted by atomic mass is 10.0. The second kappa shape index (κ2) is 3.36. The summed E-state index contributed by atoms with van der Waals surface area (Å²) < 4.78 is 0.639. The molecule has 0 heterocycles. The van der Waals surface area contributed by atoms with Gasteiger partial charge in [0.1, 0.15) is 5.54 Å². The zero-order valence-corrected chi connectivity index (χ0v) is 9.28. The molecular formula is C10H8BrNO3. The first kappa shape index (κ1) is 10.2. The average Bonchev–Trinajstić information content (AvgIpc) is 2.93. The Labute approximate surface area is 94.4 Å². The van der Waals surface area contributed by atoms with Crippen molar-refractivity contribution in [3.8, 4) is 11.5 Å². The summed E-state index contributed by atoms with van der Waals surface area (Å²) in [6.45, 7) is 0. The van der Waals surface area contributed by atoms with Crippen molar-refractivity contribution in [2.24, 2.45) is 4.99 Å². The minimum atomic E-state index is -0.674. The van der Waals surface area contributed by atoms with E-state index in [0.29, 0.717) is 22.9 Å². The Morgan fingerprint density at radius 2 is 2.07 bits per heavy atom. The van der Waals surface area contributed by atoms with Crippen molar-refractivity contribution >= 4 is 22.0 Å². The van der Waals surface area contributed by atoms with Gasteiger partial charge < -0.3 is 10.2 Å². The highest BCUT2D eigenvalue weighted by Crippen LogP contribution is 2.54. The lowest BCUT2D eigenvalue weighted by molar-refractivity contribution is 0.394. The molecule has 0 saturated heterocycles. The second-order valence-electron chi connectivity index (χ2n) is 3.56. The van der Waals surface area contributed by atoms with Crippen LogP contribution in [0.2, 0.25) is 0 Å². The number of phenols is 2. The Balaban J connectivity index is 2.57. The molecule has 1 aromatic carbocycles. The predicted octanol–water partition coefficient (Wildman–Crippen LogP) is 2.19. The number of isocyanates is 1. The summed E-state index contributed by atoms with van der Waals surface area (Å²) in [5.41, 5.74) is -0.203. The monoisotopic (exact) mass is 269 g/mol. The predicted molar refractivity (Wildman–Crippen MR) is 56.5 cm³/mol. The molecule has 0 aliphatic heterocycles. The van der Waals surface area contributed by atoms with Crippen LogP contribution >= 0.6 is 15.9 Å². The van der Waals surface area contributed by atoms with Gasteiger partial charge in [-0.05, 0) is 25.0 Å². The standard InChI is InChI=1S/C10H8BrNO3/c11-6-3-7(9(15)8(14)4-6)10(1-2-10)12-5-13/h3-4,14-15H,1-2H2. The van der Waals surface area contributed by atoms with Crippen molar-refractivity contribution in [2.45, 2.75) is 18.4 Å². The van der Waals surface area contributed by atoms with Gasteiger partial charge in [-0.25, -0.2) is 4.79 Å². The van der Waals surface area contributed by atoms with E-state index in [1.807, 2.05) is 0 Å². The fraction of sp³-hybridized carbons (Fsp3) is 0.300. The van der Waals surface area contributed by atoms with Crippen LogP contribution in [0.5, 0.6) is 11.5 Å². The van der Waals surface area contributed by atoms with Crippen LogP contribution in [0, 0.1) is 0 Å². The molecule has 1 aromatic rings. The number of hydrogen-bond acceptors (Lipinski definition) is 4. The van der Waals surface area contributed by atoms with Gasteiger partial charge in [0, 0.05) is 10.0 Å². The number of aromatic hydroxyl groups is 2. The molecule has 5 heteroatoms. The van der Waals surface area contributed by atoms with E-state index >= 15 is 0 Å². The highest BCUT2D eigenvalue weighted by molar-refractivity contribution is 9.10. The third-order valence-corrected chi connectivity index (χ3v) is 3.00. The minimum absolute atomic E-state index is 0.213. The van der Waals surface area contributed by atoms with Crippen LogP contribution in [0.25, 0.3) is 0 Å². The van der Waals surface area contributed by atoms with Gasteiger partial charge in [-0.3, -0.25) is 0 Å². The average molecular weight is 270 g/mol. The summed E-state index contributed by atoms with van der Waals surface area (Å²) in [7, 11) is 0. The molecule has 1 saturated carbocycles. The quantitative estimate of drug-likeness (QED) is 0.491. The summed E-state index contributed by atoms with van der Waals surface area (Å²) in [5.74, 6) is -0.429. The van der Waals surface area contributed by atoms with Crippen molar-refractivity contribution in [2.75, 3.05) is 0 Å². The minimum Gasteiger partial charge on any atom is -0.504 e. The Hall–Kier alpha value is -1.32. The van der Waals surface area contributed by atoms with Gasteiger partial charge >= 0.3 is 0 Å². The molecule has 0 aromatic heterocycles. The fourth-order valence-corrected chi connectivity index (χ4v) is 2.03. The molecule has 15 heavy (non-hydrogen) atoms. The lowest BCUT2D eigenvalue weighted by Crippen LogP contribution is -2.02. The molecule has 1 aliphatic rings. The largest absolute Gasteiger partial charge is 0.504 e. The first-order valence-corrected chi connectivity index (χ1v) is 5.19. The van der Waals surface area contributed by atoms with E-state index in [4.69, 9.17) is 0 Å². The van der Waals surface area contributed by atoms with Gasteiger partial charge in [0.05, 0.1) is 0 Å². The maximum absolute atomic E-state index is 10.3. The number of benzene rings is 1. The molecule has 0 radical (unpaired) electrons. The van der Waals surface area contributed by atoms with Crippen LogP contribution in [0.4, 0.5) is 0 Å². The van der Waals surface area contributed by atoms with Gasteiger partial charge in [0.2, 0.25) is 6.08 Å². The Bertz CT molecular complexity index is 462. The van der Waals surface area contributed by atoms with Crippen LogP contribution < -0.4 is 0 Å². The van der Waals surface area contributed by atoms with Crippen LogP contribution in [0.1, 0.15) is 18.4 Å². The highest BCUT2D eigenvalue weighted by atomic mass is 79.9. The molecule has 0 amide bonds. The smallest absolute Gasteiger partial charge is 0.235 e. The van der Waals surface area contributed by atoms with E-state index in [9.17, 15) is 15.0 Å². The SMILES string of the molecule is O=C=NC1(c2cc(Br)cc(O)c2O)CC1. The van der Waals surface area contributed by atoms with E-state index in [2.05, 4.69) is 20.9 Å². The fourth-order valence-electron chi connectivity index (χ4n) is 1.59. The van der Waals surface area contributed by atoms with E-state index in [-0.39, 0.29) is 11.5 Å². The zero-order valence-electron chi connectivity index (χ0n) is 7.70. The maximum Gasteiger partial charge on any atom is 0.235 e. The molecule has 1 aliphatic carbocycles. The maximum atomic E-state index is 10.3. The van der Waals surface area contributed by atoms with E-state index in [0.717, 1.165) is 0 Å². The van der Waals surface area contributed by atoms with Gasteiger partial charge in [-0.15, -0.1) is 0 Å². The zero-order chi connectivity index (χ0) is 11.1. The van der Waals surface area contributed by atoms with Crippen molar-refractivity contribution in [1.82, 2.24) is 0 Å². The van der Waals surface area contributed by atoms with Gasteiger partial charge in [-0.2, -0.15) is 4.99 Å². The summed E-state index contributed by atoms with van der Waals surface area (Å²) in [6.07, 6.45) is 2.87. The summed E-state index contributed by atoms with van der Waals surface area (Å²) in [5, 5.41) is 19.1. The number of hydrogen-bond donors (Lipinski definition) is 2. The molecule has 0 atom stereocenters. The molecule has 2 N–H and O–H groups in total. The van der Waals surface area contributed by atoms with E-state index in [1.54, 1.807) is 6.07 Å². The number of rotatable bonds is 2. The number of phenolic OH excluding ortho intramolecular Hbond substituents is 2. The molecular weight excluding hydrogens is 262 g/mol. The molecule has 2 rings (SSSR count).